The van der Waals surface area contributed by atoms with Crippen molar-refractivity contribution in [1.29, 1.82) is 0 Å². The van der Waals surface area contributed by atoms with Gasteiger partial charge in [-0.25, -0.2) is 4.99 Å². The fourth-order valence-electron chi connectivity index (χ4n) is 2.49. The summed E-state index contributed by atoms with van der Waals surface area (Å²) in [5.74, 6) is 1.43. The van der Waals surface area contributed by atoms with E-state index in [1.54, 1.807) is 0 Å². The Morgan fingerprint density at radius 2 is 1.95 bits per heavy atom. The lowest BCUT2D eigenvalue weighted by molar-refractivity contribution is 0.287. The van der Waals surface area contributed by atoms with Gasteiger partial charge in [-0.05, 0) is 22.3 Å². The molecular weight excluding hydrogens is 234 g/mol. The van der Waals surface area contributed by atoms with Crippen LogP contribution in [0.3, 0.4) is 0 Å². The Hall–Kier alpha value is -1.83. The molecule has 0 aliphatic carbocycles. The largest absolute Gasteiger partial charge is 0.478 e. The lowest BCUT2D eigenvalue weighted by Gasteiger charge is -2.06. The average Bonchev–Trinajstić information content (AvgIpc) is 2.88. The molecule has 1 aliphatic heterocycles. The summed E-state index contributed by atoms with van der Waals surface area (Å²) in [6.07, 6.45) is 0.796. The Bertz CT molecular complexity index is 610. The van der Waals surface area contributed by atoms with E-state index in [2.05, 4.69) is 61.3 Å². The molecule has 2 heteroatoms. The van der Waals surface area contributed by atoms with E-state index in [0.29, 0.717) is 12.0 Å². The quantitative estimate of drug-likeness (QED) is 0.814. The number of hydrogen-bond donors (Lipinski definition) is 0. The first-order valence-electron chi connectivity index (χ1n) is 6.90. The molecule has 0 aromatic heterocycles. The highest BCUT2D eigenvalue weighted by Crippen LogP contribution is 2.21. The third kappa shape index (κ3) is 2.48. The average molecular weight is 253 g/mol. The van der Waals surface area contributed by atoms with E-state index >= 15 is 0 Å². The Morgan fingerprint density at radius 1 is 1.16 bits per heavy atom. The normalized spacial score (nSPS) is 18.7. The van der Waals surface area contributed by atoms with Crippen molar-refractivity contribution in [2.75, 3.05) is 6.61 Å². The maximum atomic E-state index is 5.73. The van der Waals surface area contributed by atoms with Crippen LogP contribution in [-0.2, 0) is 11.2 Å². The molecule has 0 unspecified atom stereocenters. The number of nitrogens with zero attached hydrogens (tertiary/aromatic N) is 1. The molecule has 0 saturated carbocycles. The molecule has 1 aliphatic rings. The van der Waals surface area contributed by atoms with Gasteiger partial charge < -0.3 is 4.74 Å². The van der Waals surface area contributed by atoms with Crippen molar-refractivity contribution in [3.63, 3.8) is 0 Å². The van der Waals surface area contributed by atoms with Crippen LogP contribution < -0.4 is 0 Å². The Kier molecular flexibility index (Phi) is 3.24. The van der Waals surface area contributed by atoms with Crippen LogP contribution in [0, 0.1) is 5.92 Å². The third-order valence-electron chi connectivity index (χ3n) is 3.72. The number of aliphatic imine (C=N–C) groups is 1. The molecule has 0 spiro atoms. The van der Waals surface area contributed by atoms with Crippen molar-refractivity contribution in [2.24, 2.45) is 10.9 Å². The van der Waals surface area contributed by atoms with Crippen molar-refractivity contribution in [3.05, 3.63) is 48.0 Å². The number of benzene rings is 2. The molecule has 1 atom stereocenters. The van der Waals surface area contributed by atoms with Gasteiger partial charge in [-0.1, -0.05) is 56.3 Å². The summed E-state index contributed by atoms with van der Waals surface area (Å²) >= 11 is 0. The van der Waals surface area contributed by atoms with Crippen LogP contribution in [0.15, 0.2) is 47.5 Å². The lowest BCUT2D eigenvalue weighted by Crippen LogP contribution is -2.13. The standard InChI is InChI=1S/C17H19NO/c1-12(2)16-11-19-17(18-16)10-14-8-5-7-13-6-3-4-9-15(13)14/h3-9,12,16H,10-11H2,1-2H3/t16-/m1/s1. The third-order valence-corrected chi connectivity index (χ3v) is 3.72. The van der Waals surface area contributed by atoms with Crippen LogP contribution in [0.2, 0.25) is 0 Å². The predicted molar refractivity (Wildman–Crippen MR) is 79.7 cm³/mol. The zero-order chi connectivity index (χ0) is 13.2. The van der Waals surface area contributed by atoms with Crippen molar-refractivity contribution in [3.8, 4) is 0 Å². The molecular formula is C17H19NO. The van der Waals surface area contributed by atoms with Crippen LogP contribution in [0.5, 0.6) is 0 Å². The molecule has 19 heavy (non-hydrogen) atoms. The molecule has 0 saturated heterocycles. The van der Waals surface area contributed by atoms with Gasteiger partial charge in [0.05, 0.1) is 6.04 Å². The first kappa shape index (κ1) is 12.2. The van der Waals surface area contributed by atoms with E-state index in [-0.39, 0.29) is 0 Å². The van der Waals surface area contributed by atoms with Gasteiger partial charge in [0.1, 0.15) is 6.61 Å². The van der Waals surface area contributed by atoms with E-state index in [0.717, 1.165) is 18.9 Å². The zero-order valence-electron chi connectivity index (χ0n) is 11.5. The molecule has 2 aromatic carbocycles. The monoisotopic (exact) mass is 253 g/mol. The maximum absolute atomic E-state index is 5.73. The Labute approximate surface area is 114 Å². The van der Waals surface area contributed by atoms with E-state index < -0.39 is 0 Å². The highest BCUT2D eigenvalue weighted by Gasteiger charge is 2.21. The molecule has 0 N–H and O–H groups in total. The maximum Gasteiger partial charge on any atom is 0.188 e. The molecule has 3 rings (SSSR count). The summed E-state index contributed by atoms with van der Waals surface area (Å²) in [5, 5.41) is 2.57. The van der Waals surface area contributed by atoms with Gasteiger partial charge in [-0.15, -0.1) is 0 Å². The minimum absolute atomic E-state index is 0.324. The topological polar surface area (TPSA) is 21.6 Å². The zero-order valence-corrected chi connectivity index (χ0v) is 11.5. The summed E-state index contributed by atoms with van der Waals surface area (Å²) in [6, 6.07) is 15.2. The van der Waals surface area contributed by atoms with E-state index in [1.807, 2.05) is 0 Å². The Balaban J connectivity index is 1.88. The van der Waals surface area contributed by atoms with E-state index in [9.17, 15) is 0 Å². The number of hydrogen-bond acceptors (Lipinski definition) is 2. The first-order chi connectivity index (χ1) is 9.24. The number of rotatable bonds is 3. The number of fused-ring (bicyclic) bond motifs is 1. The van der Waals surface area contributed by atoms with Gasteiger partial charge in [-0.3, -0.25) is 0 Å². The van der Waals surface area contributed by atoms with Gasteiger partial charge in [0, 0.05) is 6.42 Å². The summed E-state index contributed by atoms with van der Waals surface area (Å²) < 4.78 is 5.73. The number of ether oxygens (including phenoxy) is 1. The van der Waals surface area contributed by atoms with Crippen molar-refractivity contribution < 1.29 is 4.74 Å². The molecule has 2 aromatic rings. The Morgan fingerprint density at radius 3 is 2.74 bits per heavy atom. The van der Waals surface area contributed by atoms with E-state index in [4.69, 9.17) is 4.74 Å². The molecule has 0 radical (unpaired) electrons. The fraction of sp³-hybridized carbons (Fsp3) is 0.353. The predicted octanol–water partition coefficient (Wildman–Crippen LogP) is 3.84. The summed E-state index contributed by atoms with van der Waals surface area (Å²) in [7, 11) is 0. The summed E-state index contributed by atoms with van der Waals surface area (Å²) in [4.78, 5) is 4.68. The van der Waals surface area contributed by atoms with E-state index in [1.165, 1.54) is 16.3 Å². The van der Waals surface area contributed by atoms with Crippen molar-refractivity contribution in [1.82, 2.24) is 0 Å². The first-order valence-corrected chi connectivity index (χ1v) is 6.90. The van der Waals surface area contributed by atoms with Gasteiger partial charge >= 0.3 is 0 Å². The summed E-state index contributed by atoms with van der Waals surface area (Å²) in [6.45, 7) is 5.12. The highest BCUT2D eigenvalue weighted by atomic mass is 16.5. The van der Waals surface area contributed by atoms with Crippen LogP contribution in [-0.4, -0.2) is 18.5 Å². The molecule has 2 nitrogen and oxygen atoms in total. The lowest BCUT2D eigenvalue weighted by atomic mass is 10.0. The molecule has 0 bridgehead atoms. The second-order valence-electron chi connectivity index (χ2n) is 5.46. The molecule has 0 amide bonds. The second-order valence-corrected chi connectivity index (χ2v) is 5.46. The minimum atomic E-state index is 0.324. The van der Waals surface area contributed by atoms with Gasteiger partial charge in [0.2, 0.25) is 0 Å². The second kappa shape index (κ2) is 5.04. The fourth-order valence-corrected chi connectivity index (χ4v) is 2.49. The van der Waals surface area contributed by atoms with Gasteiger partial charge in [0.15, 0.2) is 5.90 Å². The highest BCUT2D eigenvalue weighted by molar-refractivity contribution is 5.90. The van der Waals surface area contributed by atoms with Crippen LogP contribution in [0.4, 0.5) is 0 Å². The van der Waals surface area contributed by atoms with Gasteiger partial charge in [-0.2, -0.15) is 0 Å². The molecule has 1 heterocycles. The SMILES string of the molecule is CC(C)[C@H]1COC(Cc2cccc3ccccc23)=N1. The van der Waals surface area contributed by atoms with Crippen LogP contribution in [0.25, 0.3) is 10.8 Å². The summed E-state index contributed by atoms with van der Waals surface area (Å²) in [5.41, 5.74) is 1.29. The smallest absolute Gasteiger partial charge is 0.188 e. The van der Waals surface area contributed by atoms with Crippen LogP contribution >= 0.6 is 0 Å². The van der Waals surface area contributed by atoms with Crippen molar-refractivity contribution in [2.45, 2.75) is 26.3 Å². The molecule has 98 valence electrons. The minimum Gasteiger partial charge on any atom is -0.478 e. The van der Waals surface area contributed by atoms with Crippen molar-refractivity contribution >= 4 is 16.7 Å². The van der Waals surface area contributed by atoms with Gasteiger partial charge in [0.25, 0.3) is 0 Å². The van der Waals surface area contributed by atoms with Crippen LogP contribution in [0.1, 0.15) is 19.4 Å². The molecule has 0 fully saturated rings.